The first-order valence-electron chi connectivity index (χ1n) is 6.09. The third kappa shape index (κ3) is 6.67. The van der Waals surface area contributed by atoms with Gasteiger partial charge in [-0.1, -0.05) is 32.9 Å². The van der Waals surface area contributed by atoms with Gasteiger partial charge in [0.25, 0.3) is 0 Å². The highest BCUT2D eigenvalue weighted by Gasteiger charge is 2.22. The molecule has 0 aromatic heterocycles. The van der Waals surface area contributed by atoms with E-state index in [2.05, 4.69) is 24.3 Å². The molecule has 0 aliphatic carbocycles. The summed E-state index contributed by atoms with van der Waals surface area (Å²) in [4.78, 5) is 0. The average molecular weight is 229 g/mol. The molecule has 16 heavy (non-hydrogen) atoms. The van der Waals surface area contributed by atoms with Crippen LogP contribution in [0.3, 0.4) is 0 Å². The van der Waals surface area contributed by atoms with Crippen molar-refractivity contribution in [2.75, 3.05) is 13.1 Å². The van der Waals surface area contributed by atoms with E-state index >= 15 is 0 Å². The zero-order valence-electron chi connectivity index (χ0n) is 11.1. The fraction of sp³-hybridized carbons (Fsp3) is 0.917. The molecule has 0 bridgehead atoms. The number of hydrogen-bond acceptors (Lipinski definition) is 3. The van der Waals surface area contributed by atoms with Crippen molar-refractivity contribution in [1.29, 1.82) is 0 Å². The summed E-state index contributed by atoms with van der Waals surface area (Å²) < 4.78 is 0. The minimum atomic E-state index is -0.236. The van der Waals surface area contributed by atoms with Crippen LogP contribution < -0.4 is 11.1 Å². The number of amidine groups is 1. The predicted molar refractivity (Wildman–Crippen MR) is 68.7 cm³/mol. The van der Waals surface area contributed by atoms with Crippen molar-refractivity contribution in [2.45, 2.75) is 47.0 Å². The monoisotopic (exact) mass is 229 g/mol. The maximum atomic E-state index is 8.61. The third-order valence-corrected chi connectivity index (χ3v) is 2.86. The summed E-state index contributed by atoms with van der Waals surface area (Å²) in [6, 6.07) is 0. The third-order valence-electron chi connectivity index (χ3n) is 2.86. The molecule has 0 radical (unpaired) electrons. The summed E-state index contributed by atoms with van der Waals surface area (Å²) in [5, 5.41) is 15.1. The molecule has 0 aromatic rings. The zero-order chi connectivity index (χ0) is 12.6. The fourth-order valence-corrected chi connectivity index (χ4v) is 1.42. The molecule has 4 nitrogen and oxygen atoms in total. The van der Waals surface area contributed by atoms with Crippen molar-refractivity contribution in [2.24, 2.45) is 22.2 Å². The van der Waals surface area contributed by atoms with Crippen molar-refractivity contribution in [3.8, 4) is 0 Å². The molecule has 0 atom stereocenters. The van der Waals surface area contributed by atoms with Gasteiger partial charge in [0.1, 0.15) is 5.84 Å². The SMILES string of the molecule is CC(C)CCCNCCC(C)(C)C(N)=NO. The molecule has 4 heteroatoms. The summed E-state index contributed by atoms with van der Waals surface area (Å²) in [5.41, 5.74) is 5.37. The molecule has 0 saturated heterocycles. The normalized spacial score (nSPS) is 13.4. The maximum Gasteiger partial charge on any atom is 0.144 e. The number of nitrogens with two attached hydrogens (primary N) is 1. The van der Waals surface area contributed by atoms with Crippen molar-refractivity contribution in [3.05, 3.63) is 0 Å². The van der Waals surface area contributed by atoms with Gasteiger partial charge in [0.15, 0.2) is 0 Å². The smallest absolute Gasteiger partial charge is 0.144 e. The average Bonchev–Trinajstić information content (AvgIpc) is 2.21. The number of nitrogens with one attached hydrogen (secondary N) is 1. The first-order chi connectivity index (χ1) is 7.40. The van der Waals surface area contributed by atoms with Crippen LogP contribution in [0.15, 0.2) is 5.16 Å². The topological polar surface area (TPSA) is 70.6 Å². The molecule has 0 aliphatic heterocycles. The molecular formula is C12H27N3O. The van der Waals surface area contributed by atoms with Crippen molar-refractivity contribution in [1.82, 2.24) is 5.32 Å². The Morgan fingerprint density at radius 1 is 1.38 bits per heavy atom. The summed E-state index contributed by atoms with van der Waals surface area (Å²) in [5.74, 6) is 1.08. The van der Waals surface area contributed by atoms with Crippen LogP contribution >= 0.6 is 0 Å². The molecule has 0 aromatic carbocycles. The second-order valence-corrected chi connectivity index (χ2v) is 5.41. The van der Waals surface area contributed by atoms with Gasteiger partial charge in [0.2, 0.25) is 0 Å². The summed E-state index contributed by atoms with van der Waals surface area (Å²) in [7, 11) is 0. The van der Waals surface area contributed by atoms with E-state index in [1.807, 2.05) is 13.8 Å². The predicted octanol–water partition coefficient (Wildman–Crippen LogP) is 2.17. The van der Waals surface area contributed by atoms with Crippen LogP contribution in [0.5, 0.6) is 0 Å². The minimum Gasteiger partial charge on any atom is -0.409 e. The Bertz CT molecular complexity index is 212. The maximum absolute atomic E-state index is 8.61. The second kappa shape index (κ2) is 7.49. The zero-order valence-corrected chi connectivity index (χ0v) is 11.1. The molecule has 96 valence electrons. The van der Waals surface area contributed by atoms with Gasteiger partial charge in [-0.2, -0.15) is 0 Å². The minimum absolute atomic E-state index is 0.236. The van der Waals surface area contributed by atoms with Gasteiger partial charge in [-0.3, -0.25) is 0 Å². The Balaban J connectivity index is 3.59. The van der Waals surface area contributed by atoms with Crippen LogP contribution in [0.25, 0.3) is 0 Å². The lowest BCUT2D eigenvalue weighted by molar-refractivity contribution is 0.305. The van der Waals surface area contributed by atoms with Gasteiger partial charge in [-0.15, -0.1) is 0 Å². The Labute approximate surface area is 99.3 Å². The number of hydrogen-bond donors (Lipinski definition) is 3. The molecule has 0 heterocycles. The highest BCUT2D eigenvalue weighted by atomic mass is 16.4. The highest BCUT2D eigenvalue weighted by Crippen LogP contribution is 2.19. The van der Waals surface area contributed by atoms with E-state index in [-0.39, 0.29) is 5.41 Å². The van der Waals surface area contributed by atoms with E-state index in [0.717, 1.165) is 25.4 Å². The van der Waals surface area contributed by atoms with E-state index in [1.54, 1.807) is 0 Å². The quantitative estimate of drug-likeness (QED) is 0.196. The van der Waals surface area contributed by atoms with Crippen molar-refractivity contribution >= 4 is 5.84 Å². The van der Waals surface area contributed by atoms with Crippen LogP contribution in [-0.2, 0) is 0 Å². The van der Waals surface area contributed by atoms with E-state index in [4.69, 9.17) is 10.9 Å². The van der Waals surface area contributed by atoms with E-state index in [1.165, 1.54) is 12.8 Å². The fourth-order valence-electron chi connectivity index (χ4n) is 1.42. The molecule has 0 unspecified atom stereocenters. The Morgan fingerprint density at radius 3 is 2.50 bits per heavy atom. The van der Waals surface area contributed by atoms with Crippen molar-refractivity contribution < 1.29 is 5.21 Å². The number of oxime groups is 1. The molecule has 4 N–H and O–H groups in total. The Hall–Kier alpha value is -0.770. The van der Waals surface area contributed by atoms with Crippen LogP contribution in [-0.4, -0.2) is 24.1 Å². The number of rotatable bonds is 8. The van der Waals surface area contributed by atoms with Gasteiger partial charge >= 0.3 is 0 Å². The second-order valence-electron chi connectivity index (χ2n) is 5.41. The summed E-state index contributed by atoms with van der Waals surface area (Å²) in [6.07, 6.45) is 3.35. The lowest BCUT2D eigenvalue weighted by atomic mass is 9.88. The highest BCUT2D eigenvalue weighted by molar-refractivity contribution is 5.85. The van der Waals surface area contributed by atoms with Crippen molar-refractivity contribution in [3.63, 3.8) is 0 Å². The van der Waals surface area contributed by atoms with Crippen LogP contribution in [0.1, 0.15) is 47.0 Å². The molecular weight excluding hydrogens is 202 g/mol. The van der Waals surface area contributed by atoms with Gasteiger partial charge in [0, 0.05) is 5.41 Å². The Morgan fingerprint density at radius 2 is 2.00 bits per heavy atom. The molecule has 0 fully saturated rings. The van der Waals surface area contributed by atoms with Gasteiger partial charge in [-0.05, 0) is 38.3 Å². The first kappa shape index (κ1) is 15.2. The van der Waals surface area contributed by atoms with E-state index < -0.39 is 0 Å². The van der Waals surface area contributed by atoms with Crippen LogP contribution in [0.2, 0.25) is 0 Å². The van der Waals surface area contributed by atoms with Gasteiger partial charge in [0.05, 0.1) is 0 Å². The van der Waals surface area contributed by atoms with E-state index in [0.29, 0.717) is 5.84 Å². The standard InChI is InChI=1S/C12H27N3O/c1-10(2)6-5-8-14-9-7-12(3,4)11(13)15-16/h10,14,16H,5-9H2,1-4H3,(H2,13,15). The Kier molecular flexibility index (Phi) is 7.13. The molecule has 0 rings (SSSR count). The largest absolute Gasteiger partial charge is 0.409 e. The van der Waals surface area contributed by atoms with E-state index in [9.17, 15) is 0 Å². The van der Waals surface area contributed by atoms with Crippen LogP contribution in [0, 0.1) is 11.3 Å². The molecule has 0 aliphatic rings. The lowest BCUT2D eigenvalue weighted by Crippen LogP contribution is -2.35. The molecule has 0 amide bonds. The number of nitrogens with zero attached hydrogens (tertiary/aromatic N) is 1. The summed E-state index contributed by atoms with van der Waals surface area (Å²) >= 11 is 0. The first-order valence-corrected chi connectivity index (χ1v) is 6.09. The molecule has 0 spiro atoms. The van der Waals surface area contributed by atoms with Gasteiger partial charge < -0.3 is 16.3 Å². The molecule has 0 saturated carbocycles. The lowest BCUT2D eigenvalue weighted by Gasteiger charge is -2.22. The van der Waals surface area contributed by atoms with Gasteiger partial charge in [-0.25, -0.2) is 0 Å². The van der Waals surface area contributed by atoms with Crippen LogP contribution in [0.4, 0.5) is 0 Å². The summed E-state index contributed by atoms with van der Waals surface area (Å²) in [6.45, 7) is 10.4.